The van der Waals surface area contributed by atoms with E-state index < -0.39 is 0 Å². The lowest BCUT2D eigenvalue weighted by atomic mass is 9.86. The van der Waals surface area contributed by atoms with Gasteiger partial charge in [0.05, 0.1) is 11.6 Å². The van der Waals surface area contributed by atoms with E-state index in [1.54, 1.807) is 0 Å². The van der Waals surface area contributed by atoms with Crippen molar-refractivity contribution in [1.82, 2.24) is 15.0 Å². The summed E-state index contributed by atoms with van der Waals surface area (Å²) in [5.74, 6) is 1.92. The summed E-state index contributed by atoms with van der Waals surface area (Å²) in [4.78, 5) is 14.7. The Morgan fingerprint density at radius 3 is 1.22 bits per heavy atom. The first kappa shape index (κ1) is 33.3. The van der Waals surface area contributed by atoms with Gasteiger partial charge in [0.25, 0.3) is 0 Å². The highest BCUT2D eigenvalue weighted by Gasteiger charge is 2.25. The maximum absolute atomic E-state index is 9.95. The molecule has 0 amide bonds. The van der Waals surface area contributed by atoms with Crippen LogP contribution in [0.1, 0.15) is 5.56 Å². The summed E-state index contributed by atoms with van der Waals surface area (Å²) in [6.07, 6.45) is 0. The molecule has 4 nitrogen and oxygen atoms in total. The number of rotatable bonds is 6. The minimum absolute atomic E-state index is 0.634. The average molecular weight is 737 g/mol. The van der Waals surface area contributed by atoms with E-state index in [0.717, 1.165) is 55.3 Å². The first-order chi connectivity index (χ1) is 28.7. The summed E-state index contributed by atoms with van der Waals surface area (Å²) in [5, 5.41) is 14.5. The zero-order valence-electron chi connectivity index (χ0n) is 31.3. The van der Waals surface area contributed by atoms with Crippen LogP contribution in [0.15, 0.2) is 194 Å². The molecule has 0 saturated carbocycles. The number of nitrogens with zero attached hydrogens (tertiary/aromatic N) is 4. The van der Waals surface area contributed by atoms with E-state index in [0.29, 0.717) is 23.0 Å². The van der Waals surface area contributed by atoms with Gasteiger partial charge in [-0.2, -0.15) is 5.26 Å². The Morgan fingerprint density at radius 1 is 0.276 bits per heavy atom. The monoisotopic (exact) mass is 736 g/mol. The quantitative estimate of drug-likeness (QED) is 0.170. The molecule has 0 aliphatic heterocycles. The highest BCUT2D eigenvalue weighted by molar-refractivity contribution is 6.23. The van der Waals surface area contributed by atoms with Gasteiger partial charge in [-0.25, -0.2) is 15.0 Å². The molecule has 9 aromatic carbocycles. The molecule has 10 aromatic rings. The molecule has 0 atom stereocenters. The first-order valence-electron chi connectivity index (χ1n) is 19.4. The van der Waals surface area contributed by atoms with Gasteiger partial charge in [-0.1, -0.05) is 188 Å². The Balaban J connectivity index is 0.998. The minimum Gasteiger partial charge on any atom is -0.208 e. The summed E-state index contributed by atoms with van der Waals surface area (Å²) >= 11 is 0. The number of benzene rings is 9. The summed E-state index contributed by atoms with van der Waals surface area (Å²) in [7, 11) is 0. The zero-order valence-corrected chi connectivity index (χ0v) is 31.3. The molecular weight excluding hydrogens is 705 g/mol. The van der Waals surface area contributed by atoms with Gasteiger partial charge in [-0.3, -0.25) is 0 Å². The van der Waals surface area contributed by atoms with Crippen LogP contribution in [0, 0.1) is 11.3 Å². The van der Waals surface area contributed by atoms with Crippen molar-refractivity contribution in [2.45, 2.75) is 0 Å². The molecule has 1 aliphatic carbocycles. The molecule has 1 heterocycles. The van der Waals surface area contributed by atoms with E-state index in [-0.39, 0.29) is 0 Å². The predicted octanol–water partition coefficient (Wildman–Crippen LogP) is 13.7. The standard InChI is InChI=1S/C54H32N4/c55-33-40-15-9-19-43-41(40)18-10-20-46(43)47-31-32-49-45-17-8-7-16-44(45)48-30-29-42(50(47)51(48)49)36-25-21-34(22-26-36)35-23-27-39(28-24-35)54-57-52(37-11-3-1-4-12-37)56-53(58-54)38-13-5-2-6-14-38/h1-32H. The molecule has 1 aromatic heterocycles. The van der Waals surface area contributed by atoms with Crippen LogP contribution < -0.4 is 0 Å². The predicted molar refractivity (Wildman–Crippen MR) is 237 cm³/mol. The lowest BCUT2D eigenvalue weighted by molar-refractivity contribution is 1.07. The van der Waals surface area contributed by atoms with Gasteiger partial charge in [0.2, 0.25) is 0 Å². The van der Waals surface area contributed by atoms with Gasteiger partial charge < -0.3 is 0 Å². The molecule has 0 spiro atoms. The lowest BCUT2D eigenvalue weighted by Crippen LogP contribution is -2.00. The average Bonchev–Trinajstić information content (AvgIpc) is 3.63. The number of hydrogen-bond acceptors (Lipinski definition) is 4. The van der Waals surface area contributed by atoms with Crippen molar-refractivity contribution in [2.75, 3.05) is 0 Å². The molecule has 0 saturated heterocycles. The van der Waals surface area contributed by atoms with Crippen LogP contribution in [-0.4, -0.2) is 15.0 Å². The number of nitriles is 1. The Bertz CT molecular complexity index is 3170. The largest absolute Gasteiger partial charge is 0.208 e. The molecule has 0 N–H and O–H groups in total. The second-order valence-electron chi connectivity index (χ2n) is 14.6. The second-order valence-corrected chi connectivity index (χ2v) is 14.6. The summed E-state index contributed by atoms with van der Waals surface area (Å²) in [6.45, 7) is 0. The van der Waals surface area contributed by atoms with Gasteiger partial charge in [0.15, 0.2) is 17.5 Å². The number of aromatic nitrogens is 3. The maximum atomic E-state index is 9.95. The third-order valence-electron chi connectivity index (χ3n) is 11.4. The van der Waals surface area contributed by atoms with Crippen LogP contribution in [0.4, 0.5) is 0 Å². The van der Waals surface area contributed by atoms with Gasteiger partial charge in [-0.15, -0.1) is 0 Å². The third-order valence-corrected chi connectivity index (χ3v) is 11.4. The van der Waals surface area contributed by atoms with Crippen molar-refractivity contribution in [3.05, 3.63) is 200 Å². The van der Waals surface area contributed by atoms with Crippen molar-refractivity contribution >= 4 is 21.5 Å². The minimum atomic E-state index is 0.634. The van der Waals surface area contributed by atoms with E-state index in [1.807, 2.05) is 78.9 Å². The smallest absolute Gasteiger partial charge is 0.164 e. The topological polar surface area (TPSA) is 62.5 Å². The van der Waals surface area contributed by atoms with E-state index in [9.17, 15) is 5.26 Å². The Labute approximate surface area is 336 Å². The molecule has 11 rings (SSSR count). The molecule has 0 bridgehead atoms. The number of fused-ring (bicyclic) bond motifs is 4. The molecule has 4 heteroatoms. The molecule has 0 unspecified atom stereocenters. The highest BCUT2D eigenvalue weighted by Crippen LogP contribution is 2.52. The van der Waals surface area contributed by atoms with Crippen molar-refractivity contribution in [1.29, 1.82) is 5.26 Å². The Kier molecular flexibility index (Phi) is 7.84. The first-order valence-corrected chi connectivity index (χ1v) is 19.4. The molecular formula is C54H32N4. The van der Waals surface area contributed by atoms with Crippen LogP contribution in [-0.2, 0) is 0 Å². The van der Waals surface area contributed by atoms with Gasteiger partial charge in [-0.05, 0) is 77.9 Å². The lowest BCUT2D eigenvalue weighted by Gasteiger charge is -2.17. The van der Waals surface area contributed by atoms with Crippen LogP contribution in [0.3, 0.4) is 0 Å². The van der Waals surface area contributed by atoms with Crippen molar-refractivity contribution in [3.8, 4) is 95.9 Å². The maximum Gasteiger partial charge on any atom is 0.164 e. The van der Waals surface area contributed by atoms with Gasteiger partial charge in [0, 0.05) is 22.1 Å². The normalized spacial score (nSPS) is 11.4. The molecule has 268 valence electrons. The fraction of sp³-hybridized carbons (Fsp3) is 0. The fourth-order valence-corrected chi connectivity index (χ4v) is 8.60. The van der Waals surface area contributed by atoms with Crippen LogP contribution in [0.25, 0.3) is 111 Å². The molecule has 0 fully saturated rings. The molecule has 58 heavy (non-hydrogen) atoms. The Morgan fingerprint density at radius 2 is 0.672 bits per heavy atom. The van der Waals surface area contributed by atoms with Crippen LogP contribution >= 0.6 is 0 Å². The highest BCUT2D eigenvalue weighted by atomic mass is 15.0. The van der Waals surface area contributed by atoms with E-state index in [2.05, 4.69) is 121 Å². The van der Waals surface area contributed by atoms with Gasteiger partial charge in [0.1, 0.15) is 0 Å². The van der Waals surface area contributed by atoms with Crippen molar-refractivity contribution in [3.63, 3.8) is 0 Å². The van der Waals surface area contributed by atoms with Crippen molar-refractivity contribution in [2.24, 2.45) is 0 Å². The summed E-state index contributed by atoms with van der Waals surface area (Å²) in [6, 6.07) is 70.0. The SMILES string of the molecule is N#Cc1cccc2c(-c3ccc4c5c(ccc(-c6ccc(-c7ccc(-c8nc(-c9ccccc9)nc(-c9ccccc9)n8)cc7)cc6)c35)-c3ccccc3-4)cccc12. The summed E-state index contributed by atoms with van der Waals surface area (Å²) in [5.41, 5.74) is 15.4. The van der Waals surface area contributed by atoms with E-state index in [4.69, 9.17) is 15.0 Å². The second kappa shape index (κ2) is 13.6. The summed E-state index contributed by atoms with van der Waals surface area (Å²) < 4.78 is 0. The zero-order chi connectivity index (χ0) is 38.6. The van der Waals surface area contributed by atoms with E-state index in [1.165, 1.54) is 38.6 Å². The fourth-order valence-electron chi connectivity index (χ4n) is 8.60. The van der Waals surface area contributed by atoms with Crippen molar-refractivity contribution < 1.29 is 0 Å². The molecule has 0 radical (unpaired) electrons. The molecule has 1 aliphatic rings. The van der Waals surface area contributed by atoms with Crippen LogP contribution in [0.2, 0.25) is 0 Å². The van der Waals surface area contributed by atoms with Crippen LogP contribution in [0.5, 0.6) is 0 Å². The van der Waals surface area contributed by atoms with Gasteiger partial charge >= 0.3 is 0 Å². The third kappa shape index (κ3) is 5.49. The Hall–Kier alpha value is -8.00. The van der Waals surface area contributed by atoms with E-state index >= 15 is 0 Å². The number of hydrogen-bond donors (Lipinski definition) is 0.